The lowest BCUT2D eigenvalue weighted by Gasteiger charge is -2.04. The Hall–Kier alpha value is -3.05. The molecule has 5 heteroatoms. The number of benzene rings is 3. The lowest BCUT2D eigenvalue weighted by Crippen LogP contribution is -1.94. The zero-order valence-electron chi connectivity index (χ0n) is 14.3. The Bertz CT molecular complexity index is 1210. The molecule has 2 aromatic heterocycles. The van der Waals surface area contributed by atoms with Crippen molar-refractivity contribution < 1.29 is 0 Å². The molecule has 0 saturated carbocycles. The van der Waals surface area contributed by atoms with Gasteiger partial charge in [0.25, 0.3) is 0 Å². The summed E-state index contributed by atoms with van der Waals surface area (Å²) in [4.78, 5) is 0.829. The fraction of sp³-hybridized carbons (Fsp3) is 0.0952. The van der Waals surface area contributed by atoms with E-state index in [1.165, 1.54) is 21.9 Å². The molecule has 2 heterocycles. The molecule has 26 heavy (non-hydrogen) atoms. The second-order valence-corrected chi connectivity index (χ2v) is 7.44. The molecule has 0 saturated heterocycles. The Kier molecular flexibility index (Phi) is 3.53. The van der Waals surface area contributed by atoms with Crippen LogP contribution in [0.2, 0.25) is 0 Å². The van der Waals surface area contributed by atoms with E-state index in [1.54, 1.807) is 11.3 Å². The van der Waals surface area contributed by atoms with Gasteiger partial charge < -0.3 is 0 Å². The van der Waals surface area contributed by atoms with Crippen LogP contribution in [0.25, 0.3) is 27.1 Å². The van der Waals surface area contributed by atoms with Crippen LogP contribution in [-0.4, -0.2) is 19.8 Å². The first kappa shape index (κ1) is 15.2. The highest BCUT2D eigenvalue weighted by molar-refractivity contribution is 7.16. The predicted octanol–water partition coefficient (Wildman–Crippen LogP) is 4.91. The van der Waals surface area contributed by atoms with E-state index >= 15 is 0 Å². The third-order valence-corrected chi connectivity index (χ3v) is 5.46. The Labute approximate surface area is 154 Å². The largest absolute Gasteiger partial charge is 0.234 e. The summed E-state index contributed by atoms with van der Waals surface area (Å²) in [5.74, 6) is 0.792. The van der Waals surface area contributed by atoms with Gasteiger partial charge in [0.2, 0.25) is 4.96 Å². The molecule has 0 fully saturated rings. The lowest BCUT2D eigenvalue weighted by molar-refractivity contribution is 0.919. The highest BCUT2D eigenvalue weighted by atomic mass is 32.1. The van der Waals surface area contributed by atoms with Gasteiger partial charge in [0.1, 0.15) is 5.01 Å². The second kappa shape index (κ2) is 6.04. The number of hydrogen-bond acceptors (Lipinski definition) is 4. The smallest absolute Gasteiger partial charge is 0.183 e. The zero-order valence-corrected chi connectivity index (χ0v) is 15.1. The van der Waals surface area contributed by atoms with E-state index in [2.05, 4.69) is 83.9 Å². The molecule has 0 N–H and O–H groups in total. The van der Waals surface area contributed by atoms with Crippen molar-refractivity contribution in [1.29, 1.82) is 0 Å². The molecule has 0 bridgehead atoms. The summed E-state index contributed by atoms with van der Waals surface area (Å²) in [6.45, 7) is 2.08. The molecule has 126 valence electrons. The SMILES string of the molecule is Cc1ccc(-c2nnc3sc(Cc4cccc5ccccc45)nn23)cc1. The van der Waals surface area contributed by atoms with Gasteiger partial charge in [-0.3, -0.25) is 0 Å². The number of aryl methyl sites for hydroxylation is 1. The predicted molar refractivity (Wildman–Crippen MR) is 106 cm³/mol. The van der Waals surface area contributed by atoms with Gasteiger partial charge in [0, 0.05) is 12.0 Å². The normalized spacial score (nSPS) is 11.4. The van der Waals surface area contributed by atoms with Crippen molar-refractivity contribution in [3.63, 3.8) is 0 Å². The molecule has 0 aliphatic rings. The van der Waals surface area contributed by atoms with E-state index in [1.807, 2.05) is 4.52 Å². The Balaban J connectivity index is 1.55. The highest BCUT2D eigenvalue weighted by Crippen LogP contribution is 2.26. The van der Waals surface area contributed by atoms with E-state index in [0.29, 0.717) is 0 Å². The topological polar surface area (TPSA) is 43.1 Å². The molecule has 5 aromatic rings. The van der Waals surface area contributed by atoms with Gasteiger partial charge in [0.05, 0.1) is 0 Å². The van der Waals surface area contributed by atoms with Crippen LogP contribution in [0.1, 0.15) is 16.1 Å². The third kappa shape index (κ3) is 2.57. The van der Waals surface area contributed by atoms with E-state index in [-0.39, 0.29) is 0 Å². The molecule has 0 unspecified atom stereocenters. The van der Waals surface area contributed by atoms with E-state index in [0.717, 1.165) is 27.8 Å². The quantitative estimate of drug-likeness (QED) is 0.461. The van der Waals surface area contributed by atoms with Gasteiger partial charge in [-0.25, -0.2) is 0 Å². The summed E-state index contributed by atoms with van der Waals surface area (Å²) < 4.78 is 1.86. The molecule has 0 aliphatic heterocycles. The van der Waals surface area contributed by atoms with Crippen molar-refractivity contribution in [3.8, 4) is 11.4 Å². The van der Waals surface area contributed by atoms with Crippen molar-refractivity contribution in [1.82, 2.24) is 19.8 Å². The molecule has 0 radical (unpaired) electrons. The maximum atomic E-state index is 4.78. The molecule has 0 atom stereocenters. The van der Waals surface area contributed by atoms with Gasteiger partial charge in [-0.05, 0) is 23.3 Å². The van der Waals surface area contributed by atoms with Crippen LogP contribution < -0.4 is 0 Å². The van der Waals surface area contributed by atoms with E-state index in [9.17, 15) is 0 Å². The summed E-state index contributed by atoms with van der Waals surface area (Å²) in [6, 6.07) is 23.2. The van der Waals surface area contributed by atoms with Crippen LogP contribution >= 0.6 is 11.3 Å². The maximum absolute atomic E-state index is 4.78. The first-order valence-electron chi connectivity index (χ1n) is 8.53. The minimum absolute atomic E-state index is 0.792. The summed E-state index contributed by atoms with van der Waals surface area (Å²) in [5.41, 5.74) is 3.54. The molecule has 0 spiro atoms. The average Bonchev–Trinajstić information content (AvgIpc) is 3.23. The van der Waals surface area contributed by atoms with Gasteiger partial charge >= 0.3 is 0 Å². The summed E-state index contributed by atoms with van der Waals surface area (Å²) in [6.07, 6.45) is 0.794. The Morgan fingerprint density at radius 3 is 2.58 bits per heavy atom. The Morgan fingerprint density at radius 2 is 1.69 bits per heavy atom. The lowest BCUT2D eigenvalue weighted by atomic mass is 10.0. The standard InChI is InChI=1S/C21H16N4S/c1-14-9-11-16(12-10-14)20-22-23-21-25(20)24-19(26-21)13-17-7-4-6-15-5-2-3-8-18(15)17/h2-12H,13H2,1H3. The number of rotatable bonds is 3. The third-order valence-electron chi connectivity index (χ3n) is 4.56. The maximum Gasteiger partial charge on any atom is 0.234 e. The molecule has 0 amide bonds. The number of hydrogen-bond donors (Lipinski definition) is 0. The van der Waals surface area contributed by atoms with Crippen molar-refractivity contribution in [2.45, 2.75) is 13.3 Å². The molecular formula is C21H16N4S. The number of fused-ring (bicyclic) bond motifs is 2. The molecule has 0 aliphatic carbocycles. The Morgan fingerprint density at radius 1 is 0.885 bits per heavy atom. The monoisotopic (exact) mass is 356 g/mol. The van der Waals surface area contributed by atoms with Crippen molar-refractivity contribution in [3.05, 3.63) is 82.9 Å². The fourth-order valence-electron chi connectivity index (χ4n) is 3.22. The summed E-state index contributed by atoms with van der Waals surface area (Å²) in [7, 11) is 0. The molecule has 5 rings (SSSR count). The number of aromatic nitrogens is 4. The van der Waals surface area contributed by atoms with Gasteiger partial charge in [-0.2, -0.15) is 9.61 Å². The minimum atomic E-state index is 0.792. The average molecular weight is 356 g/mol. The van der Waals surface area contributed by atoms with E-state index in [4.69, 9.17) is 5.10 Å². The molecule has 3 aromatic carbocycles. The van der Waals surface area contributed by atoms with Gasteiger partial charge in [-0.15, -0.1) is 10.2 Å². The molecule has 4 nitrogen and oxygen atoms in total. The second-order valence-electron chi connectivity index (χ2n) is 6.39. The van der Waals surface area contributed by atoms with Crippen molar-refractivity contribution in [2.24, 2.45) is 0 Å². The minimum Gasteiger partial charge on any atom is -0.183 e. The zero-order chi connectivity index (χ0) is 17.5. The van der Waals surface area contributed by atoms with Crippen LogP contribution in [0.3, 0.4) is 0 Å². The van der Waals surface area contributed by atoms with Crippen molar-refractivity contribution in [2.75, 3.05) is 0 Å². The highest BCUT2D eigenvalue weighted by Gasteiger charge is 2.14. The van der Waals surface area contributed by atoms with Gasteiger partial charge in [-0.1, -0.05) is 83.6 Å². The van der Waals surface area contributed by atoms with Crippen molar-refractivity contribution >= 4 is 27.1 Å². The van der Waals surface area contributed by atoms with Gasteiger partial charge in [0.15, 0.2) is 5.82 Å². The first-order valence-corrected chi connectivity index (χ1v) is 9.34. The van der Waals surface area contributed by atoms with Crippen LogP contribution in [0.15, 0.2) is 66.7 Å². The fourth-order valence-corrected chi connectivity index (χ4v) is 4.08. The van der Waals surface area contributed by atoms with E-state index < -0.39 is 0 Å². The van der Waals surface area contributed by atoms with Crippen LogP contribution in [0.5, 0.6) is 0 Å². The van der Waals surface area contributed by atoms with Crippen LogP contribution in [-0.2, 0) is 6.42 Å². The summed E-state index contributed by atoms with van der Waals surface area (Å²) >= 11 is 1.60. The van der Waals surface area contributed by atoms with Crippen LogP contribution in [0, 0.1) is 6.92 Å². The molecular weight excluding hydrogens is 340 g/mol. The first-order chi connectivity index (χ1) is 12.8. The number of nitrogens with zero attached hydrogens (tertiary/aromatic N) is 4. The summed E-state index contributed by atoms with van der Waals surface area (Å²) in [5, 5.41) is 17.0. The van der Waals surface area contributed by atoms with Crippen LogP contribution in [0.4, 0.5) is 0 Å².